The molecule has 13 nitrogen and oxygen atoms in total. The molecule has 0 aliphatic carbocycles. The number of halogens is 1. The number of benzene rings is 1. The molecular weight excluding hydrogens is 660 g/mol. The third kappa shape index (κ3) is 11.4. The maximum atomic E-state index is 13.1. The SMILES string of the molecule is Cc1sc2c(c1C)C(c1ccc(Cl)cc1)=NC(CC(=O)NCCOCCOCCOCCOCCOCCOCCN)c1nnc(C)n1-2. The van der Waals surface area contributed by atoms with E-state index < -0.39 is 6.04 Å². The topological polar surface area (TPSA) is 154 Å². The van der Waals surface area contributed by atoms with Gasteiger partial charge in [0, 0.05) is 34.1 Å². The van der Waals surface area contributed by atoms with Gasteiger partial charge in [-0.1, -0.05) is 23.7 Å². The summed E-state index contributed by atoms with van der Waals surface area (Å²) in [6, 6.07) is 7.10. The highest BCUT2D eigenvalue weighted by molar-refractivity contribution is 7.15. The van der Waals surface area contributed by atoms with Crippen LogP contribution in [0.5, 0.6) is 0 Å². The van der Waals surface area contributed by atoms with Crippen LogP contribution in [0.3, 0.4) is 0 Å². The van der Waals surface area contributed by atoms with Crippen molar-refractivity contribution in [3.05, 3.63) is 62.5 Å². The number of nitrogens with one attached hydrogen (secondary N) is 1. The minimum absolute atomic E-state index is 0.120. The molecule has 0 radical (unpaired) electrons. The van der Waals surface area contributed by atoms with E-state index in [1.54, 1.807) is 11.3 Å². The van der Waals surface area contributed by atoms with Crippen LogP contribution in [0.25, 0.3) is 5.00 Å². The first-order chi connectivity index (χ1) is 23.4. The Hall–Kier alpha value is -2.79. The molecule has 1 unspecified atom stereocenters. The minimum Gasteiger partial charge on any atom is -0.378 e. The third-order valence-electron chi connectivity index (χ3n) is 7.43. The predicted octanol–water partition coefficient (Wildman–Crippen LogP) is 3.36. The molecule has 1 aliphatic rings. The number of nitrogens with zero attached hydrogens (tertiary/aromatic N) is 4. The lowest BCUT2D eigenvalue weighted by atomic mass is 9.99. The van der Waals surface area contributed by atoms with E-state index in [0.29, 0.717) is 103 Å². The number of hydrogen-bond acceptors (Lipinski definition) is 12. The molecule has 0 saturated heterocycles. The van der Waals surface area contributed by atoms with Crippen LogP contribution in [-0.2, 0) is 33.2 Å². The third-order valence-corrected chi connectivity index (χ3v) is 8.87. The quantitative estimate of drug-likeness (QED) is 0.140. The summed E-state index contributed by atoms with van der Waals surface area (Å²) in [7, 11) is 0. The Labute approximate surface area is 291 Å². The van der Waals surface area contributed by atoms with Crippen LogP contribution >= 0.6 is 22.9 Å². The largest absolute Gasteiger partial charge is 0.378 e. The first-order valence-corrected chi connectivity index (χ1v) is 17.4. The van der Waals surface area contributed by atoms with Crippen LogP contribution in [0.2, 0.25) is 5.02 Å². The Morgan fingerprint density at radius 2 is 1.38 bits per heavy atom. The normalized spacial score (nSPS) is 14.0. The molecule has 1 atom stereocenters. The van der Waals surface area contributed by atoms with Crippen molar-refractivity contribution in [3.63, 3.8) is 0 Å². The molecule has 0 spiro atoms. The van der Waals surface area contributed by atoms with Crippen LogP contribution < -0.4 is 11.1 Å². The molecule has 3 aromatic rings. The lowest BCUT2D eigenvalue weighted by molar-refractivity contribution is -0.121. The average molecular weight is 707 g/mol. The summed E-state index contributed by atoms with van der Waals surface area (Å²) >= 11 is 7.87. The van der Waals surface area contributed by atoms with E-state index >= 15 is 0 Å². The lowest BCUT2D eigenvalue weighted by Gasteiger charge is -2.13. The van der Waals surface area contributed by atoms with Crippen LogP contribution in [-0.4, -0.2) is 119 Å². The van der Waals surface area contributed by atoms with Crippen LogP contribution in [0.4, 0.5) is 0 Å². The second kappa shape index (κ2) is 20.7. The minimum atomic E-state index is -0.523. The highest BCUT2D eigenvalue weighted by atomic mass is 35.5. The van der Waals surface area contributed by atoms with E-state index in [1.165, 1.54) is 4.88 Å². The predicted molar refractivity (Wildman–Crippen MR) is 185 cm³/mol. The fourth-order valence-electron chi connectivity index (χ4n) is 4.93. The number of fused-ring (bicyclic) bond motifs is 3. The smallest absolute Gasteiger partial charge is 0.222 e. The number of rotatable bonds is 23. The van der Waals surface area contributed by atoms with Crippen LogP contribution in [0, 0.1) is 20.8 Å². The van der Waals surface area contributed by atoms with E-state index in [-0.39, 0.29) is 12.3 Å². The Kier molecular flexibility index (Phi) is 16.4. The molecule has 3 N–H and O–H groups in total. The molecule has 264 valence electrons. The van der Waals surface area contributed by atoms with Gasteiger partial charge in [0.2, 0.25) is 5.91 Å². The molecule has 1 aliphatic heterocycles. The number of nitrogens with two attached hydrogens (primary N) is 1. The van der Waals surface area contributed by atoms with Gasteiger partial charge in [0.25, 0.3) is 0 Å². The lowest BCUT2D eigenvalue weighted by Crippen LogP contribution is -2.29. The average Bonchev–Trinajstić information content (AvgIpc) is 3.55. The first kappa shape index (κ1) is 38.0. The number of carbonyl (C=O) groups excluding carboxylic acids is 1. The van der Waals surface area contributed by atoms with Gasteiger partial charge >= 0.3 is 0 Å². The monoisotopic (exact) mass is 706 g/mol. The van der Waals surface area contributed by atoms with E-state index in [9.17, 15) is 4.79 Å². The summed E-state index contributed by atoms with van der Waals surface area (Å²) in [5.74, 6) is 1.25. The zero-order valence-corrected chi connectivity index (χ0v) is 29.6. The maximum Gasteiger partial charge on any atom is 0.222 e. The molecule has 15 heteroatoms. The number of aromatic nitrogens is 3. The van der Waals surface area contributed by atoms with Crippen LogP contribution in [0.1, 0.15) is 45.7 Å². The van der Waals surface area contributed by atoms with Gasteiger partial charge in [0.05, 0.1) is 91.4 Å². The van der Waals surface area contributed by atoms with E-state index in [0.717, 1.165) is 33.2 Å². The van der Waals surface area contributed by atoms with Crippen molar-refractivity contribution in [2.45, 2.75) is 33.2 Å². The molecule has 48 heavy (non-hydrogen) atoms. The number of hydrogen-bond donors (Lipinski definition) is 2. The van der Waals surface area contributed by atoms with Crippen molar-refractivity contribution in [1.82, 2.24) is 20.1 Å². The van der Waals surface area contributed by atoms with Gasteiger partial charge in [-0.25, -0.2) is 0 Å². The molecule has 0 fully saturated rings. The van der Waals surface area contributed by atoms with Gasteiger partial charge in [-0.2, -0.15) is 0 Å². The Morgan fingerprint density at radius 3 is 1.94 bits per heavy atom. The van der Waals surface area contributed by atoms with Gasteiger partial charge in [-0.3, -0.25) is 14.4 Å². The zero-order chi connectivity index (χ0) is 34.1. The second-order valence-corrected chi connectivity index (χ2v) is 12.6. The molecule has 4 rings (SSSR count). The number of amides is 1. The number of carbonyl (C=O) groups is 1. The highest BCUT2D eigenvalue weighted by Gasteiger charge is 2.32. The van der Waals surface area contributed by atoms with Crippen LogP contribution in [0.15, 0.2) is 29.3 Å². The maximum absolute atomic E-state index is 13.1. The van der Waals surface area contributed by atoms with Gasteiger partial charge in [0.15, 0.2) is 5.82 Å². The van der Waals surface area contributed by atoms with Crippen molar-refractivity contribution in [2.75, 3.05) is 92.4 Å². The summed E-state index contributed by atoms with van der Waals surface area (Å²) in [6.45, 7) is 12.8. The van der Waals surface area contributed by atoms with E-state index in [2.05, 4.69) is 29.4 Å². The van der Waals surface area contributed by atoms with Crippen molar-refractivity contribution in [2.24, 2.45) is 10.7 Å². The molecular formula is C33H47ClN6O7S. The van der Waals surface area contributed by atoms with Gasteiger partial charge in [-0.05, 0) is 38.5 Å². The zero-order valence-electron chi connectivity index (χ0n) is 28.0. The Morgan fingerprint density at radius 1 is 0.833 bits per heavy atom. The van der Waals surface area contributed by atoms with E-state index in [4.69, 9.17) is 50.7 Å². The number of ether oxygens (including phenoxy) is 6. The number of aliphatic imine (C=N–C) groups is 1. The second-order valence-electron chi connectivity index (χ2n) is 10.9. The fraction of sp³-hybridized carbons (Fsp3) is 0.576. The van der Waals surface area contributed by atoms with Crippen molar-refractivity contribution < 1.29 is 33.2 Å². The molecule has 0 bridgehead atoms. The fourth-order valence-corrected chi connectivity index (χ4v) is 6.27. The van der Waals surface area contributed by atoms with Gasteiger partial charge < -0.3 is 39.5 Å². The van der Waals surface area contributed by atoms with Crippen molar-refractivity contribution >= 4 is 34.6 Å². The molecule has 0 saturated carbocycles. The number of aryl methyl sites for hydroxylation is 2. The molecule has 1 amide bonds. The first-order valence-electron chi connectivity index (χ1n) is 16.2. The molecule has 3 heterocycles. The van der Waals surface area contributed by atoms with Gasteiger partial charge in [0.1, 0.15) is 16.9 Å². The summed E-state index contributed by atoms with van der Waals surface area (Å²) < 4.78 is 34.8. The standard InChI is InChI=1S/C33H47ClN6O7S/c1-23-24(2)48-33-30(23)31(26-4-6-27(34)7-5-26)37-28(32-39-38-25(3)40(32)33)22-29(41)36-9-11-43-13-15-45-17-19-47-21-20-46-18-16-44-14-12-42-10-8-35/h4-7,28H,8-22,35H2,1-3H3,(H,36,41). The number of thiophene rings is 1. The summed E-state index contributed by atoms with van der Waals surface area (Å²) in [5.41, 5.74) is 9.26. The molecule has 1 aromatic carbocycles. The van der Waals surface area contributed by atoms with E-state index in [1.807, 2.05) is 35.8 Å². The highest BCUT2D eigenvalue weighted by Crippen LogP contribution is 2.39. The summed E-state index contributed by atoms with van der Waals surface area (Å²) in [6.07, 6.45) is 0.120. The Bertz CT molecular complexity index is 1450. The molecule has 2 aromatic heterocycles. The van der Waals surface area contributed by atoms with Crippen molar-refractivity contribution in [1.29, 1.82) is 0 Å². The Balaban J connectivity index is 1.12. The summed E-state index contributed by atoms with van der Waals surface area (Å²) in [4.78, 5) is 19.4. The summed E-state index contributed by atoms with van der Waals surface area (Å²) in [5, 5.41) is 13.4. The van der Waals surface area contributed by atoms with Crippen molar-refractivity contribution in [3.8, 4) is 5.00 Å². The van der Waals surface area contributed by atoms with Gasteiger partial charge in [-0.15, -0.1) is 21.5 Å².